The second-order valence-electron chi connectivity index (χ2n) is 4.05. The summed E-state index contributed by atoms with van der Waals surface area (Å²) in [6, 6.07) is -0.279. The molecule has 1 saturated heterocycles. The predicted molar refractivity (Wildman–Crippen MR) is 57.7 cm³/mol. The first-order chi connectivity index (χ1) is 8.08. The van der Waals surface area contributed by atoms with Crippen molar-refractivity contribution in [2.24, 2.45) is 0 Å². The van der Waals surface area contributed by atoms with Crippen molar-refractivity contribution in [3.63, 3.8) is 0 Å². The van der Waals surface area contributed by atoms with Gasteiger partial charge < -0.3 is 20.0 Å². The first kappa shape index (κ1) is 11.4. The standard InChI is InChI=1S/C10H13N3O4/c14-8(15)4-6-2-1-3-13(6)9(16)7-5-11-10(17)12-7/h5-6H,1-4H2,(H,14,15)(H2,11,12,17). The number of H-pyrrole nitrogens is 2. The summed E-state index contributed by atoms with van der Waals surface area (Å²) in [5, 5.41) is 8.75. The van der Waals surface area contributed by atoms with Gasteiger partial charge in [0.2, 0.25) is 0 Å². The monoisotopic (exact) mass is 239 g/mol. The molecule has 0 spiro atoms. The highest BCUT2D eigenvalue weighted by molar-refractivity contribution is 5.92. The lowest BCUT2D eigenvalue weighted by molar-refractivity contribution is -0.137. The number of hydrogen-bond donors (Lipinski definition) is 3. The number of carbonyl (C=O) groups excluding carboxylic acids is 1. The fourth-order valence-corrected chi connectivity index (χ4v) is 2.12. The number of carboxylic acids is 1. The van der Waals surface area contributed by atoms with Gasteiger partial charge >= 0.3 is 11.7 Å². The van der Waals surface area contributed by atoms with E-state index in [-0.39, 0.29) is 24.1 Å². The van der Waals surface area contributed by atoms with Crippen molar-refractivity contribution in [3.8, 4) is 0 Å². The first-order valence-corrected chi connectivity index (χ1v) is 5.38. The number of hydrogen-bond acceptors (Lipinski definition) is 3. The Kier molecular flexibility index (Phi) is 2.99. The zero-order valence-corrected chi connectivity index (χ0v) is 9.10. The van der Waals surface area contributed by atoms with Crippen molar-refractivity contribution >= 4 is 11.9 Å². The highest BCUT2D eigenvalue weighted by atomic mass is 16.4. The molecule has 1 aromatic heterocycles. The molecule has 1 aliphatic heterocycles. The van der Waals surface area contributed by atoms with Crippen molar-refractivity contribution in [1.29, 1.82) is 0 Å². The van der Waals surface area contributed by atoms with Crippen LogP contribution in [-0.4, -0.2) is 44.4 Å². The van der Waals surface area contributed by atoms with E-state index in [9.17, 15) is 14.4 Å². The molecule has 1 atom stereocenters. The lowest BCUT2D eigenvalue weighted by Gasteiger charge is -2.22. The summed E-state index contributed by atoms with van der Waals surface area (Å²) in [6.45, 7) is 0.532. The molecular weight excluding hydrogens is 226 g/mol. The number of nitrogens with one attached hydrogen (secondary N) is 2. The Labute approximate surface area is 96.4 Å². The normalized spacial score (nSPS) is 19.5. The molecule has 7 nitrogen and oxygen atoms in total. The Morgan fingerprint density at radius 2 is 2.29 bits per heavy atom. The molecule has 1 fully saturated rings. The van der Waals surface area contributed by atoms with E-state index in [0.29, 0.717) is 13.0 Å². The van der Waals surface area contributed by atoms with Gasteiger partial charge in [0.15, 0.2) is 0 Å². The minimum Gasteiger partial charge on any atom is -0.481 e. The van der Waals surface area contributed by atoms with Gasteiger partial charge in [0, 0.05) is 18.8 Å². The topological polar surface area (TPSA) is 106 Å². The van der Waals surface area contributed by atoms with Gasteiger partial charge in [-0.25, -0.2) is 4.79 Å². The van der Waals surface area contributed by atoms with Crippen LogP contribution in [0.2, 0.25) is 0 Å². The third-order valence-corrected chi connectivity index (χ3v) is 2.87. The minimum absolute atomic E-state index is 0.0552. The van der Waals surface area contributed by atoms with Crippen LogP contribution in [0.5, 0.6) is 0 Å². The van der Waals surface area contributed by atoms with E-state index in [1.807, 2.05) is 0 Å². The fourth-order valence-electron chi connectivity index (χ4n) is 2.12. The van der Waals surface area contributed by atoms with E-state index in [4.69, 9.17) is 5.11 Å². The van der Waals surface area contributed by atoms with E-state index >= 15 is 0 Å². The van der Waals surface area contributed by atoms with Crippen LogP contribution in [-0.2, 0) is 4.79 Å². The molecule has 0 bridgehead atoms. The first-order valence-electron chi connectivity index (χ1n) is 5.38. The zero-order chi connectivity index (χ0) is 12.4. The number of amides is 1. The molecule has 0 aliphatic carbocycles. The number of carboxylic acid groups (broad SMARTS) is 1. The summed E-state index contributed by atoms with van der Waals surface area (Å²) >= 11 is 0. The number of nitrogens with zero attached hydrogens (tertiary/aromatic N) is 1. The summed E-state index contributed by atoms with van der Waals surface area (Å²) in [7, 11) is 0. The largest absolute Gasteiger partial charge is 0.481 e. The van der Waals surface area contributed by atoms with E-state index < -0.39 is 11.7 Å². The molecule has 2 rings (SSSR count). The Balaban J connectivity index is 2.13. The van der Waals surface area contributed by atoms with Crippen LogP contribution in [0, 0.1) is 0 Å². The highest BCUT2D eigenvalue weighted by Crippen LogP contribution is 2.21. The molecule has 92 valence electrons. The van der Waals surface area contributed by atoms with Crippen LogP contribution in [0.15, 0.2) is 11.0 Å². The predicted octanol–water partition coefficient (Wildman–Crippen LogP) is -0.218. The van der Waals surface area contributed by atoms with E-state index in [1.165, 1.54) is 11.1 Å². The van der Waals surface area contributed by atoms with Gasteiger partial charge in [0.05, 0.1) is 6.42 Å². The van der Waals surface area contributed by atoms with Gasteiger partial charge in [0.25, 0.3) is 5.91 Å². The molecule has 7 heteroatoms. The van der Waals surface area contributed by atoms with Crippen molar-refractivity contribution in [3.05, 3.63) is 22.4 Å². The van der Waals surface area contributed by atoms with Crippen LogP contribution in [0.1, 0.15) is 29.8 Å². The SMILES string of the molecule is O=C(O)CC1CCCN1C(=O)c1c[nH]c(=O)[nH]1. The van der Waals surface area contributed by atoms with Gasteiger partial charge in [-0.15, -0.1) is 0 Å². The molecule has 1 amide bonds. The quantitative estimate of drug-likeness (QED) is 0.678. The van der Waals surface area contributed by atoms with E-state index in [1.54, 1.807) is 0 Å². The van der Waals surface area contributed by atoms with Gasteiger partial charge in [-0.05, 0) is 12.8 Å². The average Bonchev–Trinajstić information content (AvgIpc) is 2.85. The molecule has 2 heterocycles. The molecule has 0 radical (unpaired) electrons. The van der Waals surface area contributed by atoms with Crippen LogP contribution in [0.25, 0.3) is 0 Å². The zero-order valence-electron chi connectivity index (χ0n) is 9.10. The Bertz CT molecular complexity index is 490. The Morgan fingerprint density at radius 3 is 2.88 bits per heavy atom. The summed E-state index contributed by atoms with van der Waals surface area (Å²) in [5.41, 5.74) is -0.269. The smallest absolute Gasteiger partial charge is 0.323 e. The summed E-state index contributed by atoms with van der Waals surface area (Å²) in [6.07, 6.45) is 2.73. The molecule has 0 aromatic carbocycles. The summed E-state index contributed by atoms with van der Waals surface area (Å²) in [4.78, 5) is 39.8. The maximum Gasteiger partial charge on any atom is 0.323 e. The van der Waals surface area contributed by atoms with Crippen molar-refractivity contribution in [1.82, 2.24) is 14.9 Å². The van der Waals surface area contributed by atoms with Crippen LogP contribution >= 0.6 is 0 Å². The maximum absolute atomic E-state index is 12.0. The van der Waals surface area contributed by atoms with Gasteiger partial charge in [-0.1, -0.05) is 0 Å². The summed E-state index contributed by atoms with van der Waals surface area (Å²) in [5.74, 6) is -1.25. The van der Waals surface area contributed by atoms with E-state index in [0.717, 1.165) is 6.42 Å². The molecule has 3 N–H and O–H groups in total. The van der Waals surface area contributed by atoms with Gasteiger partial charge in [-0.2, -0.15) is 0 Å². The van der Waals surface area contributed by atoms with Crippen LogP contribution in [0.3, 0.4) is 0 Å². The third kappa shape index (κ3) is 2.38. The number of likely N-dealkylation sites (tertiary alicyclic amines) is 1. The maximum atomic E-state index is 12.0. The Morgan fingerprint density at radius 1 is 1.53 bits per heavy atom. The molecule has 1 aliphatic rings. The van der Waals surface area contributed by atoms with Crippen LogP contribution in [0.4, 0.5) is 0 Å². The number of aliphatic carboxylic acids is 1. The molecular formula is C10H13N3O4. The molecule has 17 heavy (non-hydrogen) atoms. The lowest BCUT2D eigenvalue weighted by Crippen LogP contribution is -2.37. The van der Waals surface area contributed by atoms with Crippen molar-refractivity contribution in [2.75, 3.05) is 6.54 Å². The average molecular weight is 239 g/mol. The number of aromatic nitrogens is 2. The van der Waals surface area contributed by atoms with Gasteiger partial charge in [-0.3, -0.25) is 9.59 Å². The number of carbonyl (C=O) groups is 2. The molecule has 0 saturated carbocycles. The second-order valence-corrected chi connectivity index (χ2v) is 4.05. The molecule has 1 aromatic rings. The highest BCUT2D eigenvalue weighted by Gasteiger charge is 2.31. The minimum atomic E-state index is -0.919. The van der Waals surface area contributed by atoms with Crippen molar-refractivity contribution in [2.45, 2.75) is 25.3 Å². The summed E-state index contributed by atoms with van der Waals surface area (Å²) < 4.78 is 0. The number of imidazole rings is 1. The molecule has 1 unspecified atom stereocenters. The van der Waals surface area contributed by atoms with Crippen molar-refractivity contribution < 1.29 is 14.7 Å². The number of aromatic amines is 2. The lowest BCUT2D eigenvalue weighted by atomic mass is 10.1. The van der Waals surface area contributed by atoms with Crippen LogP contribution < -0.4 is 5.69 Å². The van der Waals surface area contributed by atoms with Gasteiger partial charge in [0.1, 0.15) is 5.69 Å². The fraction of sp³-hybridized carbons (Fsp3) is 0.500. The third-order valence-electron chi connectivity index (χ3n) is 2.87. The second kappa shape index (κ2) is 4.44. The Hall–Kier alpha value is -2.05. The number of rotatable bonds is 3. The van der Waals surface area contributed by atoms with E-state index in [2.05, 4.69) is 9.97 Å².